The number of likely N-dealkylation sites (tertiary alicyclic amines) is 1. The normalized spacial score (nSPS) is 19.2. The molecule has 1 aliphatic heterocycles. The van der Waals surface area contributed by atoms with Gasteiger partial charge in [-0.15, -0.1) is 0 Å². The largest absolute Gasteiger partial charge is 0.343 e. The van der Waals surface area contributed by atoms with E-state index in [2.05, 4.69) is 4.90 Å². The molecule has 0 saturated carbocycles. The second-order valence-corrected chi connectivity index (χ2v) is 6.19. The third-order valence-electron chi connectivity index (χ3n) is 4.37. The number of carbonyl (C=O) groups is 1. The van der Waals surface area contributed by atoms with Gasteiger partial charge in [-0.05, 0) is 45.4 Å². The van der Waals surface area contributed by atoms with Gasteiger partial charge in [0.2, 0.25) is 5.91 Å². The first-order chi connectivity index (χ1) is 10.6. The summed E-state index contributed by atoms with van der Waals surface area (Å²) in [6.45, 7) is 7.51. The van der Waals surface area contributed by atoms with E-state index in [9.17, 15) is 9.18 Å². The van der Waals surface area contributed by atoms with Gasteiger partial charge in [0.05, 0.1) is 5.92 Å². The van der Waals surface area contributed by atoms with Crippen molar-refractivity contribution in [2.45, 2.75) is 33.2 Å². The lowest BCUT2D eigenvalue weighted by Gasteiger charge is -2.34. The topological polar surface area (TPSA) is 23.6 Å². The molecule has 0 aromatic heterocycles. The van der Waals surface area contributed by atoms with E-state index in [1.807, 2.05) is 18.7 Å². The minimum Gasteiger partial charge on any atom is -0.343 e. The standard InChI is InChI=1S/C17H24ClFN2O/c1-3-21(4-2)17(22)13-7-6-10-20(11-13)12-14-15(18)8-5-9-16(14)19/h5,8-9,13H,3-4,6-7,10-12H2,1-2H3/t13-/m0/s1. The van der Waals surface area contributed by atoms with E-state index in [4.69, 9.17) is 11.6 Å². The molecule has 122 valence electrons. The molecule has 1 atom stereocenters. The fourth-order valence-electron chi connectivity index (χ4n) is 3.10. The molecule has 1 fully saturated rings. The quantitative estimate of drug-likeness (QED) is 0.826. The molecule has 1 aromatic rings. The number of piperidine rings is 1. The van der Waals surface area contributed by atoms with Gasteiger partial charge in [0.25, 0.3) is 0 Å². The fraction of sp³-hybridized carbons (Fsp3) is 0.588. The smallest absolute Gasteiger partial charge is 0.226 e. The molecule has 0 aliphatic carbocycles. The monoisotopic (exact) mass is 326 g/mol. The van der Waals surface area contributed by atoms with Gasteiger partial charge in [0, 0.05) is 36.8 Å². The molecule has 1 aliphatic rings. The Bertz CT molecular complexity index is 499. The van der Waals surface area contributed by atoms with Crippen LogP contribution in [0.25, 0.3) is 0 Å². The van der Waals surface area contributed by atoms with Crippen LogP contribution in [0.15, 0.2) is 18.2 Å². The molecule has 1 amide bonds. The third-order valence-corrected chi connectivity index (χ3v) is 4.73. The van der Waals surface area contributed by atoms with E-state index in [0.29, 0.717) is 23.7 Å². The highest BCUT2D eigenvalue weighted by molar-refractivity contribution is 6.31. The molecule has 0 bridgehead atoms. The zero-order valence-corrected chi connectivity index (χ0v) is 14.1. The van der Waals surface area contributed by atoms with Crippen molar-refractivity contribution < 1.29 is 9.18 Å². The first-order valence-electron chi connectivity index (χ1n) is 8.00. The van der Waals surface area contributed by atoms with Crippen molar-refractivity contribution in [1.82, 2.24) is 9.80 Å². The zero-order chi connectivity index (χ0) is 16.1. The van der Waals surface area contributed by atoms with Crippen molar-refractivity contribution in [1.29, 1.82) is 0 Å². The number of hydrogen-bond donors (Lipinski definition) is 0. The van der Waals surface area contributed by atoms with Crippen molar-refractivity contribution in [2.24, 2.45) is 5.92 Å². The number of carbonyl (C=O) groups excluding carboxylic acids is 1. The van der Waals surface area contributed by atoms with E-state index >= 15 is 0 Å². The molecule has 22 heavy (non-hydrogen) atoms. The van der Waals surface area contributed by atoms with Gasteiger partial charge in [-0.3, -0.25) is 9.69 Å². The Kier molecular flexibility index (Phi) is 6.21. The van der Waals surface area contributed by atoms with E-state index < -0.39 is 0 Å². The maximum atomic E-state index is 13.9. The molecule has 1 heterocycles. The van der Waals surface area contributed by atoms with Crippen molar-refractivity contribution in [2.75, 3.05) is 26.2 Å². The van der Waals surface area contributed by atoms with Crippen LogP contribution in [-0.4, -0.2) is 41.9 Å². The average Bonchev–Trinajstić information content (AvgIpc) is 2.52. The third kappa shape index (κ3) is 3.99. The van der Waals surface area contributed by atoms with Crippen LogP contribution in [0.1, 0.15) is 32.3 Å². The molecule has 2 rings (SSSR count). The summed E-state index contributed by atoms with van der Waals surface area (Å²) in [5, 5.41) is 0.456. The minimum atomic E-state index is -0.273. The maximum Gasteiger partial charge on any atom is 0.226 e. The van der Waals surface area contributed by atoms with Gasteiger partial charge < -0.3 is 4.90 Å². The Labute approximate surface area is 137 Å². The van der Waals surface area contributed by atoms with Crippen LogP contribution in [0.4, 0.5) is 4.39 Å². The second kappa shape index (κ2) is 7.93. The Hall–Kier alpha value is -1.13. The zero-order valence-electron chi connectivity index (χ0n) is 13.3. The van der Waals surface area contributed by atoms with Gasteiger partial charge >= 0.3 is 0 Å². The summed E-state index contributed by atoms with van der Waals surface area (Å²) >= 11 is 6.10. The summed E-state index contributed by atoms with van der Waals surface area (Å²) in [7, 11) is 0. The predicted octanol–water partition coefficient (Wildman–Crippen LogP) is 3.56. The highest BCUT2D eigenvalue weighted by Crippen LogP contribution is 2.25. The SMILES string of the molecule is CCN(CC)C(=O)[C@H]1CCCN(Cc2c(F)cccc2Cl)C1. The fourth-order valence-corrected chi connectivity index (χ4v) is 3.32. The van der Waals surface area contributed by atoms with Crippen LogP contribution in [0, 0.1) is 11.7 Å². The van der Waals surface area contributed by atoms with Crippen molar-refractivity contribution in [3.05, 3.63) is 34.6 Å². The maximum absolute atomic E-state index is 13.9. The Morgan fingerprint density at radius 2 is 2.14 bits per heavy atom. The van der Waals surface area contributed by atoms with E-state index in [1.54, 1.807) is 12.1 Å². The lowest BCUT2D eigenvalue weighted by molar-refractivity contribution is -0.137. The van der Waals surface area contributed by atoms with Crippen molar-refractivity contribution in [3.63, 3.8) is 0 Å². The lowest BCUT2D eigenvalue weighted by Crippen LogP contribution is -2.44. The Balaban J connectivity index is 2.03. The summed E-state index contributed by atoms with van der Waals surface area (Å²) in [6.07, 6.45) is 1.88. The number of benzene rings is 1. The number of rotatable bonds is 5. The number of halogens is 2. The summed E-state index contributed by atoms with van der Waals surface area (Å²) in [4.78, 5) is 16.5. The Morgan fingerprint density at radius 1 is 1.41 bits per heavy atom. The number of hydrogen-bond acceptors (Lipinski definition) is 2. The van der Waals surface area contributed by atoms with E-state index in [0.717, 1.165) is 32.5 Å². The molecule has 1 saturated heterocycles. The van der Waals surface area contributed by atoms with E-state index in [-0.39, 0.29) is 17.6 Å². The minimum absolute atomic E-state index is 0.0131. The van der Waals surface area contributed by atoms with Crippen LogP contribution < -0.4 is 0 Å². The second-order valence-electron chi connectivity index (χ2n) is 5.79. The van der Waals surface area contributed by atoms with Gasteiger partial charge in [-0.2, -0.15) is 0 Å². The molecular formula is C17H24ClFN2O. The first-order valence-corrected chi connectivity index (χ1v) is 8.38. The molecule has 1 aromatic carbocycles. The summed E-state index contributed by atoms with van der Waals surface area (Å²) in [6, 6.07) is 4.76. The van der Waals surface area contributed by atoms with Crippen molar-refractivity contribution in [3.8, 4) is 0 Å². The van der Waals surface area contributed by atoms with E-state index in [1.165, 1.54) is 6.07 Å². The van der Waals surface area contributed by atoms with Gasteiger partial charge in [0.1, 0.15) is 5.82 Å². The van der Waals surface area contributed by atoms with Crippen LogP contribution in [-0.2, 0) is 11.3 Å². The van der Waals surface area contributed by atoms with Crippen LogP contribution in [0.3, 0.4) is 0 Å². The van der Waals surface area contributed by atoms with Crippen LogP contribution in [0.2, 0.25) is 5.02 Å². The molecule has 0 radical (unpaired) electrons. The highest BCUT2D eigenvalue weighted by Gasteiger charge is 2.28. The van der Waals surface area contributed by atoms with Gasteiger partial charge in [-0.1, -0.05) is 17.7 Å². The molecule has 3 nitrogen and oxygen atoms in total. The lowest BCUT2D eigenvalue weighted by atomic mass is 9.96. The molecule has 0 N–H and O–H groups in total. The van der Waals surface area contributed by atoms with Crippen molar-refractivity contribution >= 4 is 17.5 Å². The number of amides is 1. The Morgan fingerprint density at radius 3 is 2.77 bits per heavy atom. The van der Waals surface area contributed by atoms with Crippen LogP contribution in [0.5, 0.6) is 0 Å². The summed E-state index contributed by atoms with van der Waals surface area (Å²) in [5.41, 5.74) is 0.528. The van der Waals surface area contributed by atoms with Gasteiger partial charge in [-0.25, -0.2) is 4.39 Å². The average molecular weight is 327 g/mol. The highest BCUT2D eigenvalue weighted by atomic mass is 35.5. The molecule has 0 spiro atoms. The number of nitrogens with zero attached hydrogens (tertiary/aromatic N) is 2. The van der Waals surface area contributed by atoms with Gasteiger partial charge in [0.15, 0.2) is 0 Å². The molecule has 5 heteroatoms. The summed E-state index contributed by atoms with van der Waals surface area (Å²) in [5.74, 6) is -0.0433. The van der Waals surface area contributed by atoms with Crippen LogP contribution >= 0.6 is 11.6 Å². The summed E-state index contributed by atoms with van der Waals surface area (Å²) < 4.78 is 13.9. The first kappa shape index (κ1) is 17.2. The predicted molar refractivity (Wildman–Crippen MR) is 87.3 cm³/mol. The molecular weight excluding hydrogens is 303 g/mol. The molecule has 0 unspecified atom stereocenters.